The smallest absolute Gasteiger partial charge is 0.245 e. The molecule has 0 bridgehead atoms. The van der Waals surface area contributed by atoms with E-state index in [0.29, 0.717) is 29.6 Å². The lowest BCUT2D eigenvalue weighted by molar-refractivity contribution is -0.148. The van der Waals surface area contributed by atoms with E-state index in [9.17, 15) is 18.8 Å². The number of hydrogen-bond donors (Lipinski definition) is 1. The number of nitrogens with zero attached hydrogens (tertiary/aromatic N) is 3. The maximum Gasteiger partial charge on any atom is 0.245 e. The summed E-state index contributed by atoms with van der Waals surface area (Å²) >= 11 is 5.76. The van der Waals surface area contributed by atoms with Crippen molar-refractivity contribution >= 4 is 40.1 Å². The molecule has 1 aromatic heterocycles. The van der Waals surface area contributed by atoms with Crippen LogP contribution < -0.4 is 5.32 Å². The minimum atomic E-state index is -0.621. The van der Waals surface area contributed by atoms with Crippen LogP contribution in [0.1, 0.15) is 29.4 Å². The van der Waals surface area contributed by atoms with Gasteiger partial charge in [0.05, 0.1) is 10.5 Å². The Morgan fingerprint density at radius 3 is 2.68 bits per heavy atom. The topological polar surface area (TPSA) is 84.3 Å². The summed E-state index contributed by atoms with van der Waals surface area (Å²) < 4.78 is 15.5. The number of halogens is 2. The average molecular weight is 443 g/mol. The summed E-state index contributed by atoms with van der Waals surface area (Å²) in [7, 11) is 0. The van der Waals surface area contributed by atoms with E-state index in [-0.39, 0.29) is 41.3 Å². The first-order chi connectivity index (χ1) is 14.9. The first-order valence-electron chi connectivity index (χ1n) is 9.83. The largest absolute Gasteiger partial charge is 0.350 e. The second-order valence-electron chi connectivity index (χ2n) is 7.40. The number of ketones is 1. The third kappa shape index (κ3) is 4.03. The highest BCUT2D eigenvalue weighted by Gasteiger charge is 2.37. The first-order valence-corrected chi connectivity index (χ1v) is 10.2. The van der Waals surface area contributed by atoms with Crippen molar-refractivity contribution in [1.29, 1.82) is 0 Å². The van der Waals surface area contributed by atoms with E-state index in [1.165, 1.54) is 22.6 Å². The molecule has 2 aromatic carbocycles. The van der Waals surface area contributed by atoms with E-state index >= 15 is 0 Å². The van der Waals surface area contributed by atoms with Crippen molar-refractivity contribution in [2.75, 3.05) is 6.54 Å². The van der Waals surface area contributed by atoms with Gasteiger partial charge in [0.2, 0.25) is 11.8 Å². The molecular formula is C22H20ClFN4O3. The minimum absolute atomic E-state index is 0.0106. The monoisotopic (exact) mass is 442 g/mol. The van der Waals surface area contributed by atoms with Gasteiger partial charge in [-0.05, 0) is 18.6 Å². The summed E-state index contributed by atoms with van der Waals surface area (Å²) in [6.07, 6.45) is 0.522. The number of hydrogen-bond acceptors (Lipinski definition) is 4. The number of likely N-dealkylation sites (tertiary alicyclic amines) is 1. The molecule has 1 N–H and O–H groups in total. The Kier molecular flexibility index (Phi) is 5.73. The van der Waals surface area contributed by atoms with Crippen LogP contribution in [0, 0.1) is 5.82 Å². The molecule has 3 aromatic rings. The molecule has 0 saturated carbocycles. The molecule has 1 saturated heterocycles. The molecule has 2 amide bonds. The lowest BCUT2D eigenvalue weighted by Crippen LogP contribution is -2.58. The molecule has 2 heterocycles. The second kappa shape index (κ2) is 8.47. The average Bonchev–Trinajstić information content (AvgIpc) is 3.07. The van der Waals surface area contributed by atoms with Gasteiger partial charge in [0.1, 0.15) is 24.1 Å². The zero-order valence-electron chi connectivity index (χ0n) is 16.8. The number of para-hydroxylation sites is 1. The molecule has 1 aliphatic heterocycles. The molecule has 0 spiro atoms. The maximum atomic E-state index is 14.0. The third-order valence-electron chi connectivity index (χ3n) is 5.40. The fourth-order valence-corrected chi connectivity index (χ4v) is 3.86. The van der Waals surface area contributed by atoms with Gasteiger partial charge in [0, 0.05) is 31.0 Å². The summed E-state index contributed by atoms with van der Waals surface area (Å²) in [6.45, 7) is 1.77. The third-order valence-corrected chi connectivity index (χ3v) is 5.70. The quantitative estimate of drug-likeness (QED) is 0.595. The fraction of sp³-hybridized carbons (Fsp3) is 0.273. The van der Waals surface area contributed by atoms with Crippen molar-refractivity contribution < 1.29 is 18.8 Å². The lowest BCUT2D eigenvalue weighted by Gasteiger charge is -2.39. The van der Waals surface area contributed by atoms with Crippen molar-refractivity contribution in [2.45, 2.75) is 32.5 Å². The van der Waals surface area contributed by atoms with Gasteiger partial charge >= 0.3 is 0 Å². The number of carbonyl (C=O) groups is 3. The molecule has 0 unspecified atom stereocenters. The van der Waals surface area contributed by atoms with Crippen LogP contribution in [-0.2, 0) is 22.7 Å². The fourth-order valence-electron chi connectivity index (χ4n) is 3.67. The Morgan fingerprint density at radius 1 is 1.19 bits per heavy atom. The van der Waals surface area contributed by atoms with E-state index in [4.69, 9.17) is 11.6 Å². The molecule has 9 heteroatoms. The predicted molar refractivity (Wildman–Crippen MR) is 113 cm³/mol. The number of fused-ring (bicyclic) bond motifs is 1. The summed E-state index contributed by atoms with van der Waals surface area (Å²) in [6, 6.07) is 11.2. The molecule has 0 radical (unpaired) electrons. The SMILES string of the molecule is CC(=O)c1nn(CC(=O)N2CC[C@H]2C(=O)NCc2cccc(Cl)c2F)c2ccccc12. The van der Waals surface area contributed by atoms with E-state index in [1.54, 1.807) is 30.3 Å². The number of aromatic nitrogens is 2. The van der Waals surface area contributed by atoms with Gasteiger partial charge in [0.15, 0.2) is 5.78 Å². The van der Waals surface area contributed by atoms with Gasteiger partial charge < -0.3 is 10.2 Å². The van der Waals surface area contributed by atoms with Gasteiger partial charge in [-0.1, -0.05) is 41.9 Å². The van der Waals surface area contributed by atoms with Crippen molar-refractivity contribution in [3.8, 4) is 0 Å². The standard InChI is InChI=1S/C22H20ClFN4O3/c1-13(29)21-15-6-2-3-8-17(15)28(26-21)12-19(30)27-10-9-18(27)22(31)25-11-14-5-4-7-16(23)20(14)24/h2-8,18H,9-12H2,1H3,(H,25,31)/t18-/m0/s1. The van der Waals surface area contributed by atoms with Crippen LogP contribution in [0.3, 0.4) is 0 Å². The van der Waals surface area contributed by atoms with E-state index in [0.717, 1.165) is 0 Å². The first kappa shape index (κ1) is 21.0. The van der Waals surface area contributed by atoms with Crippen molar-refractivity contribution in [3.63, 3.8) is 0 Å². The minimum Gasteiger partial charge on any atom is -0.350 e. The Labute approximate surface area is 182 Å². The number of Topliss-reactive ketones (excluding diaryl/α,β-unsaturated/α-hetero) is 1. The number of carbonyl (C=O) groups excluding carboxylic acids is 3. The molecule has 4 rings (SSSR count). The van der Waals surface area contributed by atoms with E-state index in [1.807, 2.05) is 6.07 Å². The van der Waals surface area contributed by atoms with Crippen molar-refractivity contribution in [3.05, 3.63) is 64.6 Å². The summed E-state index contributed by atoms with van der Waals surface area (Å²) in [5.41, 5.74) is 1.27. The van der Waals surface area contributed by atoms with E-state index < -0.39 is 11.9 Å². The molecular weight excluding hydrogens is 423 g/mol. The normalized spacial score (nSPS) is 15.6. The Morgan fingerprint density at radius 2 is 1.97 bits per heavy atom. The number of nitrogens with one attached hydrogen (secondary N) is 1. The number of amides is 2. The Bertz CT molecular complexity index is 1190. The summed E-state index contributed by atoms with van der Waals surface area (Å²) in [4.78, 5) is 38.7. The molecule has 160 valence electrons. The van der Waals surface area contributed by atoms with Crippen LogP contribution >= 0.6 is 11.6 Å². The van der Waals surface area contributed by atoms with Crippen molar-refractivity contribution in [2.24, 2.45) is 0 Å². The van der Waals surface area contributed by atoms with Crippen LogP contribution in [0.2, 0.25) is 5.02 Å². The molecule has 1 atom stereocenters. The van der Waals surface area contributed by atoms with Crippen LogP contribution in [-0.4, -0.2) is 44.9 Å². The maximum absolute atomic E-state index is 14.0. The Hall–Kier alpha value is -3.26. The molecule has 7 nitrogen and oxygen atoms in total. The van der Waals surface area contributed by atoms with E-state index in [2.05, 4.69) is 10.4 Å². The van der Waals surface area contributed by atoms with Crippen molar-refractivity contribution in [1.82, 2.24) is 20.0 Å². The van der Waals surface area contributed by atoms with Crippen LogP contribution in [0.5, 0.6) is 0 Å². The predicted octanol–water partition coefficient (Wildman–Crippen LogP) is 2.95. The summed E-state index contributed by atoms with van der Waals surface area (Å²) in [5.74, 6) is -1.38. The summed E-state index contributed by atoms with van der Waals surface area (Å²) in [5, 5.41) is 7.64. The molecule has 1 fully saturated rings. The van der Waals surface area contributed by atoms with Crippen LogP contribution in [0.4, 0.5) is 4.39 Å². The highest BCUT2D eigenvalue weighted by molar-refractivity contribution is 6.30. The number of rotatable bonds is 6. The molecule has 31 heavy (non-hydrogen) atoms. The highest BCUT2D eigenvalue weighted by atomic mass is 35.5. The highest BCUT2D eigenvalue weighted by Crippen LogP contribution is 2.22. The second-order valence-corrected chi connectivity index (χ2v) is 7.81. The molecule has 1 aliphatic rings. The Balaban J connectivity index is 1.43. The van der Waals surface area contributed by atoms with Gasteiger partial charge in [-0.2, -0.15) is 5.10 Å². The number of benzene rings is 2. The van der Waals surface area contributed by atoms with Gasteiger partial charge in [-0.25, -0.2) is 4.39 Å². The lowest BCUT2D eigenvalue weighted by atomic mass is 10.0. The molecule has 0 aliphatic carbocycles. The van der Waals surface area contributed by atoms with Crippen LogP contribution in [0.15, 0.2) is 42.5 Å². The van der Waals surface area contributed by atoms with Crippen LogP contribution in [0.25, 0.3) is 10.9 Å². The van der Waals surface area contributed by atoms with Gasteiger partial charge in [-0.3, -0.25) is 19.1 Å². The zero-order chi connectivity index (χ0) is 22.1. The van der Waals surface area contributed by atoms with Gasteiger partial charge in [0.25, 0.3) is 0 Å². The van der Waals surface area contributed by atoms with Gasteiger partial charge in [-0.15, -0.1) is 0 Å². The zero-order valence-corrected chi connectivity index (χ0v) is 17.5.